The minimum Gasteiger partial charge on any atom is -0.456 e. The van der Waals surface area contributed by atoms with Gasteiger partial charge in [-0.15, -0.1) is 0 Å². The average Bonchev–Trinajstić information content (AvgIpc) is 3.83. The molecule has 2 unspecified atom stereocenters. The quantitative estimate of drug-likeness (QED) is 0.198. The Balaban J connectivity index is 1.20. The van der Waals surface area contributed by atoms with E-state index in [9.17, 15) is 0 Å². The third kappa shape index (κ3) is 4.32. The lowest BCUT2D eigenvalue weighted by Gasteiger charge is -2.34. The van der Waals surface area contributed by atoms with Crippen molar-refractivity contribution in [2.45, 2.75) is 12.3 Å². The first-order valence-corrected chi connectivity index (χ1v) is 17.5. The second kappa shape index (κ2) is 11.0. The van der Waals surface area contributed by atoms with E-state index in [0.29, 0.717) is 0 Å². The Morgan fingerprint density at radius 1 is 0.471 bits per heavy atom. The maximum Gasteiger partial charge on any atom is 0.160 e. The molecule has 7 aromatic carbocycles. The van der Waals surface area contributed by atoms with Crippen LogP contribution in [0.3, 0.4) is 0 Å². The molecule has 242 valence electrons. The lowest BCUT2D eigenvalue weighted by molar-refractivity contribution is 0.351. The molecule has 0 bridgehead atoms. The fourth-order valence-corrected chi connectivity index (χ4v) is 8.27. The maximum atomic E-state index is 6.45. The van der Waals surface area contributed by atoms with Crippen LogP contribution in [-0.4, -0.2) is 9.13 Å². The summed E-state index contributed by atoms with van der Waals surface area (Å²) in [5, 5.41) is 14.9. The molecule has 0 aliphatic carbocycles. The number of nitrogens with zero attached hydrogens (tertiary/aromatic N) is 2. The molecule has 1 aliphatic rings. The predicted octanol–water partition coefficient (Wildman–Crippen LogP) is 11.2. The Morgan fingerprint density at radius 2 is 1.08 bits per heavy atom. The normalized spacial score (nSPS) is 16.4. The van der Waals surface area contributed by atoms with Gasteiger partial charge in [0.1, 0.15) is 11.2 Å². The zero-order chi connectivity index (χ0) is 33.5. The molecule has 1 aliphatic heterocycles. The molecule has 0 amide bonds. The lowest BCUT2D eigenvalue weighted by Crippen LogP contribution is -2.43. The van der Waals surface area contributed by atoms with Gasteiger partial charge in [0.25, 0.3) is 0 Å². The SMILES string of the molecule is C1=C(c2ccccc2)NC(n2c3ccccc3c3cc4c(cc32)c2cc3oc5ccccc5c3cc2n4-c2ccccc2)NC1c1ccccc1. The summed E-state index contributed by atoms with van der Waals surface area (Å²) in [5.41, 5.74) is 11.1. The molecule has 51 heavy (non-hydrogen) atoms. The first-order chi connectivity index (χ1) is 25.3. The number of fused-ring (bicyclic) bond motifs is 9. The molecule has 3 aromatic heterocycles. The van der Waals surface area contributed by atoms with Gasteiger partial charge in [0.2, 0.25) is 0 Å². The van der Waals surface area contributed by atoms with Gasteiger partial charge < -0.3 is 18.9 Å². The third-order valence-corrected chi connectivity index (χ3v) is 10.6. The molecule has 0 saturated carbocycles. The number of para-hydroxylation sites is 3. The summed E-state index contributed by atoms with van der Waals surface area (Å²) in [6.07, 6.45) is 2.08. The standard InChI is InChI=1S/C46H32N4O/c1-4-14-29(15-5-1)38-28-39(30-16-6-2-7-17-30)48-46(47-38)50-40-22-12-10-20-32(40)34-24-41-35(25-43(34)50)36-27-45-37(33-21-11-13-23-44(33)51-45)26-42(36)49(41)31-18-8-3-9-19-31/h1-28,38,46-48H. The first-order valence-electron chi connectivity index (χ1n) is 17.5. The van der Waals surface area contributed by atoms with Crippen LogP contribution in [0, 0.1) is 0 Å². The highest BCUT2D eigenvalue weighted by atomic mass is 16.3. The Kier molecular flexibility index (Phi) is 6.09. The smallest absolute Gasteiger partial charge is 0.160 e. The van der Waals surface area contributed by atoms with Gasteiger partial charge in [-0.1, -0.05) is 115 Å². The minimum atomic E-state index is -0.222. The lowest BCUT2D eigenvalue weighted by atomic mass is 10.0. The van der Waals surface area contributed by atoms with E-state index in [4.69, 9.17) is 4.42 Å². The second-order valence-corrected chi connectivity index (χ2v) is 13.5. The summed E-state index contributed by atoms with van der Waals surface area (Å²) in [6, 6.07) is 58.5. The van der Waals surface area contributed by atoms with Crippen molar-refractivity contribution >= 4 is 71.2 Å². The second-order valence-electron chi connectivity index (χ2n) is 13.5. The van der Waals surface area contributed by atoms with Crippen molar-refractivity contribution in [1.82, 2.24) is 19.8 Å². The summed E-state index contributed by atoms with van der Waals surface area (Å²) in [5.74, 6) is 0. The molecule has 2 N–H and O–H groups in total. The van der Waals surface area contributed by atoms with Crippen LogP contribution in [0.15, 0.2) is 174 Å². The van der Waals surface area contributed by atoms with Gasteiger partial charge in [0.05, 0.1) is 28.1 Å². The van der Waals surface area contributed by atoms with E-state index in [1.165, 1.54) is 32.8 Å². The molecule has 0 radical (unpaired) electrons. The number of nitrogens with one attached hydrogen (secondary N) is 2. The van der Waals surface area contributed by atoms with Gasteiger partial charge >= 0.3 is 0 Å². The minimum absolute atomic E-state index is 0.00830. The van der Waals surface area contributed by atoms with Crippen LogP contribution in [0.1, 0.15) is 23.5 Å². The topological polar surface area (TPSA) is 47.1 Å². The number of benzene rings is 7. The average molecular weight is 657 g/mol. The highest BCUT2D eigenvalue weighted by molar-refractivity contribution is 6.21. The summed E-state index contributed by atoms with van der Waals surface area (Å²) < 4.78 is 11.3. The Morgan fingerprint density at radius 3 is 1.88 bits per heavy atom. The van der Waals surface area contributed by atoms with E-state index in [1.807, 2.05) is 6.07 Å². The van der Waals surface area contributed by atoms with Crippen LogP contribution in [0.4, 0.5) is 0 Å². The first kappa shape index (κ1) is 28.3. The van der Waals surface area contributed by atoms with E-state index in [1.54, 1.807) is 0 Å². The van der Waals surface area contributed by atoms with E-state index >= 15 is 0 Å². The van der Waals surface area contributed by atoms with Crippen molar-refractivity contribution < 1.29 is 4.42 Å². The fourth-order valence-electron chi connectivity index (χ4n) is 8.27. The van der Waals surface area contributed by atoms with Crippen molar-refractivity contribution in [3.63, 3.8) is 0 Å². The van der Waals surface area contributed by atoms with Crippen LogP contribution in [0.5, 0.6) is 0 Å². The van der Waals surface area contributed by atoms with Crippen molar-refractivity contribution in [2.75, 3.05) is 0 Å². The summed E-state index contributed by atoms with van der Waals surface area (Å²) in [7, 11) is 0. The van der Waals surface area contributed by atoms with Gasteiger partial charge in [-0.2, -0.15) is 0 Å². The van der Waals surface area contributed by atoms with E-state index in [-0.39, 0.29) is 12.3 Å². The van der Waals surface area contributed by atoms with Crippen LogP contribution >= 0.6 is 0 Å². The number of hydrogen-bond acceptors (Lipinski definition) is 3. The number of furan rings is 1. The van der Waals surface area contributed by atoms with Crippen molar-refractivity contribution in [1.29, 1.82) is 0 Å². The number of rotatable bonds is 4. The van der Waals surface area contributed by atoms with Crippen LogP contribution in [0.2, 0.25) is 0 Å². The van der Waals surface area contributed by atoms with Crippen LogP contribution in [-0.2, 0) is 0 Å². The van der Waals surface area contributed by atoms with Crippen molar-refractivity contribution in [2.24, 2.45) is 0 Å². The van der Waals surface area contributed by atoms with Gasteiger partial charge in [-0.05, 0) is 65.7 Å². The summed E-state index contributed by atoms with van der Waals surface area (Å²) >= 11 is 0. The molecule has 0 fully saturated rings. The number of hydrogen-bond donors (Lipinski definition) is 2. The highest BCUT2D eigenvalue weighted by Crippen LogP contribution is 2.42. The molecular weight excluding hydrogens is 625 g/mol. The van der Waals surface area contributed by atoms with Gasteiger partial charge in [0.15, 0.2) is 6.29 Å². The third-order valence-electron chi connectivity index (χ3n) is 10.6. The molecule has 5 nitrogen and oxygen atoms in total. The van der Waals surface area contributed by atoms with Crippen molar-refractivity contribution in [3.05, 3.63) is 181 Å². The summed E-state index contributed by atoms with van der Waals surface area (Å²) in [6.45, 7) is 0. The predicted molar refractivity (Wildman–Crippen MR) is 210 cm³/mol. The molecule has 11 rings (SSSR count). The van der Waals surface area contributed by atoms with Gasteiger partial charge in [0, 0.05) is 43.7 Å². The monoisotopic (exact) mass is 656 g/mol. The van der Waals surface area contributed by atoms with E-state index < -0.39 is 0 Å². The molecular formula is C46H32N4O. The van der Waals surface area contributed by atoms with Crippen LogP contribution < -0.4 is 10.6 Å². The zero-order valence-corrected chi connectivity index (χ0v) is 27.6. The van der Waals surface area contributed by atoms with Gasteiger partial charge in [-0.25, -0.2) is 0 Å². The Labute approximate surface area is 293 Å². The molecule has 10 aromatic rings. The molecule has 4 heterocycles. The van der Waals surface area contributed by atoms with E-state index in [2.05, 4.69) is 184 Å². The largest absolute Gasteiger partial charge is 0.456 e. The molecule has 0 spiro atoms. The highest BCUT2D eigenvalue weighted by Gasteiger charge is 2.28. The number of aromatic nitrogens is 2. The Hall–Kier alpha value is -6.56. The van der Waals surface area contributed by atoms with Crippen LogP contribution in [0.25, 0.3) is 76.9 Å². The molecule has 5 heteroatoms. The van der Waals surface area contributed by atoms with Gasteiger partial charge in [-0.3, -0.25) is 5.32 Å². The maximum absolute atomic E-state index is 6.45. The molecule has 0 saturated heterocycles. The Bertz CT molecular complexity index is 2970. The van der Waals surface area contributed by atoms with E-state index in [0.717, 1.165) is 55.3 Å². The zero-order valence-electron chi connectivity index (χ0n) is 27.6. The van der Waals surface area contributed by atoms with Crippen molar-refractivity contribution in [3.8, 4) is 5.69 Å². The summed E-state index contributed by atoms with van der Waals surface area (Å²) in [4.78, 5) is 0. The molecule has 2 atom stereocenters. The fraction of sp³-hybridized carbons (Fsp3) is 0.0435.